The third kappa shape index (κ3) is 3.57. The summed E-state index contributed by atoms with van der Waals surface area (Å²) in [6.45, 7) is 2.00. The Morgan fingerprint density at radius 2 is 1.78 bits per heavy atom. The average molecular weight is 262 g/mol. The summed E-state index contributed by atoms with van der Waals surface area (Å²) in [5.74, 6) is -0.0637. The molecule has 2 rings (SSSR count). The third-order valence-electron chi connectivity index (χ3n) is 2.53. The molecule has 4 heteroatoms. The van der Waals surface area contributed by atoms with Gasteiger partial charge in [0.1, 0.15) is 0 Å². The van der Waals surface area contributed by atoms with Crippen molar-refractivity contribution < 1.29 is 9.47 Å². The van der Waals surface area contributed by atoms with Gasteiger partial charge in [0.05, 0.1) is 6.42 Å². The van der Waals surface area contributed by atoms with Crippen LogP contribution in [0.25, 0.3) is 0 Å². The summed E-state index contributed by atoms with van der Waals surface area (Å²) in [6.07, 6.45) is 3.96. The molecule has 1 aromatic carbocycles. The zero-order chi connectivity index (χ0) is 13.0. The Hall–Kier alpha value is -1.87. The Bertz CT molecular complexity index is 485. The van der Waals surface area contributed by atoms with Gasteiger partial charge in [-0.2, -0.15) is 0 Å². The number of hydrogen-bond acceptors (Lipinski definition) is 1. The standard InChI is InChI=1S/C14H13ClN2O/c1-11-6-8-17(9-7-11)16-14(18)10-12-2-4-13(15)5-3-12/h2-9H,10H2,1H3/p+1. The second kappa shape index (κ2) is 5.65. The van der Waals surface area contributed by atoms with Crippen LogP contribution >= 0.6 is 11.6 Å². The Labute approximate surface area is 111 Å². The summed E-state index contributed by atoms with van der Waals surface area (Å²) in [4.78, 5) is 11.8. The number of benzene rings is 1. The Balaban J connectivity index is 1.96. The molecule has 0 aliphatic heterocycles. The number of carbonyl (C=O) groups is 1. The normalized spacial score (nSPS) is 10.1. The second-order valence-electron chi connectivity index (χ2n) is 4.12. The first-order valence-corrected chi connectivity index (χ1v) is 6.03. The molecule has 0 radical (unpaired) electrons. The van der Waals surface area contributed by atoms with Gasteiger partial charge in [0.2, 0.25) is 0 Å². The first kappa shape index (κ1) is 12.6. The van der Waals surface area contributed by atoms with E-state index in [4.69, 9.17) is 11.6 Å². The Morgan fingerprint density at radius 3 is 2.39 bits per heavy atom. The maximum Gasteiger partial charge on any atom is 0.279 e. The van der Waals surface area contributed by atoms with Crippen LogP contribution in [0.15, 0.2) is 48.8 Å². The van der Waals surface area contributed by atoms with Crippen LogP contribution in [-0.4, -0.2) is 5.91 Å². The molecule has 0 aliphatic rings. The van der Waals surface area contributed by atoms with Gasteiger partial charge in [0.15, 0.2) is 12.4 Å². The molecule has 0 saturated carbocycles. The summed E-state index contributed by atoms with van der Waals surface area (Å²) < 4.78 is 1.64. The van der Waals surface area contributed by atoms with Crippen LogP contribution < -0.4 is 10.1 Å². The van der Waals surface area contributed by atoms with Crippen molar-refractivity contribution in [2.45, 2.75) is 13.3 Å². The van der Waals surface area contributed by atoms with Crippen LogP contribution in [0.2, 0.25) is 5.02 Å². The van der Waals surface area contributed by atoms with Crippen molar-refractivity contribution in [3.8, 4) is 0 Å². The number of halogens is 1. The lowest BCUT2D eigenvalue weighted by atomic mass is 10.1. The quantitative estimate of drug-likeness (QED) is 0.845. The van der Waals surface area contributed by atoms with Crippen molar-refractivity contribution in [2.24, 2.45) is 0 Å². The molecule has 0 unspecified atom stereocenters. The van der Waals surface area contributed by atoms with Crippen molar-refractivity contribution in [1.82, 2.24) is 0 Å². The number of carbonyl (C=O) groups excluding carboxylic acids is 1. The number of rotatable bonds is 3. The predicted octanol–water partition coefficient (Wildman–Crippen LogP) is 2.25. The van der Waals surface area contributed by atoms with Crippen LogP contribution in [0.3, 0.4) is 0 Å². The van der Waals surface area contributed by atoms with E-state index >= 15 is 0 Å². The molecule has 2 aromatic rings. The molecule has 0 bridgehead atoms. The molecule has 0 spiro atoms. The van der Waals surface area contributed by atoms with E-state index in [-0.39, 0.29) is 5.91 Å². The minimum absolute atomic E-state index is 0.0637. The van der Waals surface area contributed by atoms with E-state index in [0.29, 0.717) is 11.4 Å². The fraction of sp³-hybridized carbons (Fsp3) is 0.143. The average Bonchev–Trinajstić information content (AvgIpc) is 2.35. The number of hydrogen-bond donors (Lipinski definition) is 1. The van der Waals surface area contributed by atoms with E-state index in [1.807, 2.05) is 43.6 Å². The van der Waals surface area contributed by atoms with Gasteiger partial charge in [-0.05, 0) is 30.2 Å². The van der Waals surface area contributed by atoms with Crippen LogP contribution in [0, 0.1) is 6.92 Å². The van der Waals surface area contributed by atoms with Gasteiger partial charge in [0, 0.05) is 17.2 Å². The van der Waals surface area contributed by atoms with Gasteiger partial charge >= 0.3 is 0 Å². The highest BCUT2D eigenvalue weighted by molar-refractivity contribution is 6.30. The van der Waals surface area contributed by atoms with Crippen LogP contribution in [0.4, 0.5) is 0 Å². The van der Waals surface area contributed by atoms with Gasteiger partial charge in [0.25, 0.3) is 5.91 Å². The zero-order valence-electron chi connectivity index (χ0n) is 10.1. The van der Waals surface area contributed by atoms with Crippen molar-refractivity contribution >= 4 is 17.5 Å². The molecule has 1 N–H and O–H groups in total. The van der Waals surface area contributed by atoms with Gasteiger partial charge in [-0.3, -0.25) is 4.79 Å². The second-order valence-corrected chi connectivity index (χ2v) is 4.56. The van der Waals surface area contributed by atoms with Crippen molar-refractivity contribution in [1.29, 1.82) is 0 Å². The number of amides is 1. The van der Waals surface area contributed by atoms with Gasteiger partial charge in [-0.15, -0.1) is 5.43 Å². The number of nitrogens with one attached hydrogen (secondary N) is 1. The molecule has 92 valence electrons. The lowest BCUT2D eigenvalue weighted by Gasteiger charge is -2.01. The molecule has 18 heavy (non-hydrogen) atoms. The summed E-state index contributed by atoms with van der Waals surface area (Å²) in [7, 11) is 0. The molecule has 1 aromatic heterocycles. The molecule has 0 saturated heterocycles. The summed E-state index contributed by atoms with van der Waals surface area (Å²) in [6, 6.07) is 11.1. The zero-order valence-corrected chi connectivity index (χ0v) is 10.8. The van der Waals surface area contributed by atoms with E-state index < -0.39 is 0 Å². The van der Waals surface area contributed by atoms with Crippen LogP contribution in [-0.2, 0) is 11.2 Å². The van der Waals surface area contributed by atoms with Crippen molar-refractivity contribution in [2.75, 3.05) is 5.43 Å². The summed E-state index contributed by atoms with van der Waals surface area (Å²) in [5.41, 5.74) is 4.86. The molecular weight excluding hydrogens is 248 g/mol. The highest BCUT2D eigenvalue weighted by Gasteiger charge is 2.08. The smallest absolute Gasteiger partial charge is 0.269 e. The lowest BCUT2D eigenvalue weighted by molar-refractivity contribution is -0.642. The molecule has 0 aliphatic carbocycles. The minimum Gasteiger partial charge on any atom is -0.269 e. The highest BCUT2D eigenvalue weighted by atomic mass is 35.5. The number of aromatic nitrogens is 1. The van der Waals surface area contributed by atoms with Crippen LogP contribution in [0.5, 0.6) is 0 Å². The minimum atomic E-state index is -0.0637. The number of aryl methyl sites for hydroxylation is 1. The van der Waals surface area contributed by atoms with Gasteiger partial charge in [-0.25, -0.2) is 0 Å². The van der Waals surface area contributed by atoms with E-state index in [1.54, 1.807) is 16.8 Å². The fourth-order valence-electron chi connectivity index (χ4n) is 1.55. The number of nitrogens with zero attached hydrogens (tertiary/aromatic N) is 1. The molecule has 1 heterocycles. The molecule has 0 fully saturated rings. The summed E-state index contributed by atoms with van der Waals surface area (Å²) in [5, 5.41) is 0.673. The van der Waals surface area contributed by atoms with E-state index in [1.165, 1.54) is 0 Å². The van der Waals surface area contributed by atoms with Crippen molar-refractivity contribution in [3.63, 3.8) is 0 Å². The maximum absolute atomic E-state index is 11.8. The maximum atomic E-state index is 11.8. The largest absolute Gasteiger partial charge is 0.279 e. The molecular formula is C14H14ClN2O+. The summed E-state index contributed by atoms with van der Waals surface area (Å²) >= 11 is 5.79. The van der Waals surface area contributed by atoms with Gasteiger partial charge in [-0.1, -0.05) is 28.4 Å². The topological polar surface area (TPSA) is 33.0 Å². The SMILES string of the molecule is Cc1cc[n+](NC(=O)Cc2ccc(Cl)cc2)cc1. The third-order valence-corrected chi connectivity index (χ3v) is 2.78. The lowest BCUT2D eigenvalue weighted by Crippen LogP contribution is -2.48. The number of pyridine rings is 1. The monoisotopic (exact) mass is 261 g/mol. The molecule has 3 nitrogen and oxygen atoms in total. The molecule has 0 atom stereocenters. The highest BCUT2D eigenvalue weighted by Crippen LogP contribution is 2.09. The first-order chi connectivity index (χ1) is 8.63. The van der Waals surface area contributed by atoms with E-state index in [2.05, 4.69) is 5.43 Å². The van der Waals surface area contributed by atoms with Crippen molar-refractivity contribution in [3.05, 3.63) is 64.9 Å². The first-order valence-electron chi connectivity index (χ1n) is 5.66. The predicted molar refractivity (Wildman–Crippen MR) is 70.9 cm³/mol. The Morgan fingerprint density at radius 1 is 1.17 bits per heavy atom. The van der Waals surface area contributed by atoms with Crippen LogP contribution in [0.1, 0.15) is 11.1 Å². The fourth-order valence-corrected chi connectivity index (χ4v) is 1.67. The Kier molecular flexibility index (Phi) is 3.95. The van der Waals surface area contributed by atoms with Gasteiger partial charge < -0.3 is 0 Å². The van der Waals surface area contributed by atoms with E-state index in [9.17, 15) is 4.79 Å². The molecule has 1 amide bonds. The van der Waals surface area contributed by atoms with E-state index in [0.717, 1.165) is 11.1 Å².